The van der Waals surface area contributed by atoms with E-state index in [1.165, 1.54) is 30.1 Å². The molecule has 2 bridgehead atoms. The van der Waals surface area contributed by atoms with Crippen molar-refractivity contribution in [3.8, 4) is 0 Å². The lowest BCUT2D eigenvalue weighted by atomic mass is 9.66. The zero-order valence-corrected chi connectivity index (χ0v) is 13.7. The summed E-state index contributed by atoms with van der Waals surface area (Å²) in [6.07, 6.45) is 12.2. The van der Waals surface area contributed by atoms with Gasteiger partial charge in [0.2, 0.25) is 0 Å². The Morgan fingerprint density at radius 1 is 1.33 bits per heavy atom. The van der Waals surface area contributed by atoms with E-state index in [1.807, 2.05) is 12.2 Å². The molecule has 0 radical (unpaired) electrons. The molecule has 0 spiro atoms. The number of carboxylic acid groups (broad SMARTS) is 1. The van der Waals surface area contributed by atoms with Crippen LogP contribution in [0.5, 0.6) is 0 Å². The second kappa shape index (κ2) is 5.32. The average Bonchev–Trinajstić information content (AvgIpc) is 2.69. The molecular formula is C19H26O2. The molecule has 1 saturated carbocycles. The van der Waals surface area contributed by atoms with E-state index in [2.05, 4.69) is 39.8 Å². The van der Waals surface area contributed by atoms with Gasteiger partial charge in [-0.25, -0.2) is 4.79 Å². The van der Waals surface area contributed by atoms with Crippen LogP contribution in [0.15, 0.2) is 47.1 Å². The summed E-state index contributed by atoms with van der Waals surface area (Å²) in [7, 11) is 0. The fourth-order valence-corrected chi connectivity index (χ4v) is 3.94. The number of aliphatic carboxylic acids is 1. The summed E-state index contributed by atoms with van der Waals surface area (Å²) in [4.78, 5) is 10.6. The highest BCUT2D eigenvalue weighted by Crippen LogP contribution is 2.66. The molecule has 114 valence electrons. The predicted molar refractivity (Wildman–Crippen MR) is 87.0 cm³/mol. The van der Waals surface area contributed by atoms with E-state index in [-0.39, 0.29) is 5.41 Å². The van der Waals surface area contributed by atoms with Gasteiger partial charge in [0, 0.05) is 6.08 Å². The molecule has 0 amide bonds. The van der Waals surface area contributed by atoms with E-state index in [9.17, 15) is 4.79 Å². The maximum absolute atomic E-state index is 10.6. The molecule has 0 unspecified atom stereocenters. The van der Waals surface area contributed by atoms with Crippen molar-refractivity contribution in [2.75, 3.05) is 0 Å². The van der Waals surface area contributed by atoms with Gasteiger partial charge in [-0.2, -0.15) is 0 Å². The Hall–Kier alpha value is -1.57. The minimum Gasteiger partial charge on any atom is -0.478 e. The van der Waals surface area contributed by atoms with Crippen LogP contribution in [0, 0.1) is 16.7 Å². The molecule has 1 N–H and O–H groups in total. The molecule has 0 heterocycles. The van der Waals surface area contributed by atoms with Gasteiger partial charge >= 0.3 is 5.97 Å². The molecule has 2 atom stereocenters. The van der Waals surface area contributed by atoms with Crippen molar-refractivity contribution in [3.05, 3.63) is 47.1 Å². The molecule has 0 aromatic rings. The predicted octanol–water partition coefficient (Wildman–Crippen LogP) is 4.90. The lowest BCUT2D eigenvalue weighted by Crippen LogP contribution is -2.30. The van der Waals surface area contributed by atoms with Crippen LogP contribution in [-0.2, 0) is 4.79 Å². The van der Waals surface area contributed by atoms with Gasteiger partial charge in [-0.15, -0.1) is 0 Å². The number of carboxylic acids is 1. The molecule has 0 aromatic carbocycles. The van der Waals surface area contributed by atoms with Gasteiger partial charge in [0.25, 0.3) is 0 Å². The molecule has 2 aliphatic carbocycles. The highest BCUT2D eigenvalue weighted by Gasteiger charge is 2.56. The number of fused-ring (bicyclic) bond motifs is 2. The summed E-state index contributed by atoms with van der Waals surface area (Å²) in [5, 5.41) is 8.69. The number of hydrogen-bond acceptors (Lipinski definition) is 1. The van der Waals surface area contributed by atoms with E-state index in [4.69, 9.17) is 5.11 Å². The molecule has 2 aliphatic rings. The summed E-state index contributed by atoms with van der Waals surface area (Å²) in [5.41, 5.74) is 4.15. The summed E-state index contributed by atoms with van der Waals surface area (Å²) in [6.45, 7) is 11.1. The van der Waals surface area contributed by atoms with Crippen molar-refractivity contribution in [1.29, 1.82) is 0 Å². The van der Waals surface area contributed by atoms with Crippen LogP contribution in [0.2, 0.25) is 0 Å². The van der Waals surface area contributed by atoms with Crippen LogP contribution < -0.4 is 0 Å². The maximum Gasteiger partial charge on any atom is 0.328 e. The first-order chi connectivity index (χ1) is 9.68. The van der Waals surface area contributed by atoms with Crippen molar-refractivity contribution in [3.63, 3.8) is 0 Å². The highest BCUT2D eigenvalue weighted by molar-refractivity contribution is 5.81. The zero-order chi connectivity index (χ0) is 15.8. The van der Waals surface area contributed by atoms with Gasteiger partial charge in [0.1, 0.15) is 0 Å². The number of rotatable bonds is 4. The quantitative estimate of drug-likeness (QED) is 0.589. The van der Waals surface area contributed by atoms with Crippen molar-refractivity contribution in [2.24, 2.45) is 16.7 Å². The molecule has 21 heavy (non-hydrogen) atoms. The first-order valence-corrected chi connectivity index (χ1v) is 7.67. The van der Waals surface area contributed by atoms with E-state index >= 15 is 0 Å². The monoisotopic (exact) mass is 286 g/mol. The molecule has 0 saturated heterocycles. The Balaban J connectivity index is 2.17. The van der Waals surface area contributed by atoms with E-state index < -0.39 is 5.97 Å². The van der Waals surface area contributed by atoms with Crippen molar-refractivity contribution in [1.82, 2.24) is 0 Å². The van der Waals surface area contributed by atoms with E-state index in [1.54, 1.807) is 6.92 Å². The number of hydrogen-bond donors (Lipinski definition) is 1. The summed E-state index contributed by atoms with van der Waals surface area (Å²) < 4.78 is 0. The van der Waals surface area contributed by atoms with Crippen LogP contribution in [0.1, 0.15) is 47.5 Å². The first-order valence-electron chi connectivity index (χ1n) is 7.67. The van der Waals surface area contributed by atoms with E-state index in [0.29, 0.717) is 11.3 Å². The Morgan fingerprint density at radius 3 is 2.48 bits per heavy atom. The SMILES string of the molecule is C/C(=C/C=C/C(C)=C/C(=O)O)C1=C[C@H]2CC[C@]1(C)C2(C)C. The largest absolute Gasteiger partial charge is 0.478 e. The number of carbonyl (C=O) groups is 1. The highest BCUT2D eigenvalue weighted by atomic mass is 16.4. The number of allylic oxidation sites excluding steroid dienone is 7. The molecule has 2 nitrogen and oxygen atoms in total. The molecule has 2 rings (SSSR count). The standard InChI is InChI=1S/C19H26O2/c1-13(11-17(20)21)7-6-8-14(2)16-12-15-9-10-19(16,5)18(15,3)4/h6-8,11-12,15H,9-10H2,1-5H3,(H,20,21)/b7-6+,13-11+,14-8-/t15-,19+/m1/s1. The smallest absolute Gasteiger partial charge is 0.328 e. The Morgan fingerprint density at radius 2 is 2.00 bits per heavy atom. The third-order valence-corrected chi connectivity index (χ3v) is 5.75. The van der Waals surface area contributed by atoms with Crippen molar-refractivity contribution < 1.29 is 9.90 Å². The first kappa shape index (κ1) is 15.8. The minimum atomic E-state index is -0.900. The van der Waals surface area contributed by atoms with E-state index in [0.717, 1.165) is 5.57 Å². The fourth-order valence-electron chi connectivity index (χ4n) is 3.94. The van der Waals surface area contributed by atoms with Crippen molar-refractivity contribution in [2.45, 2.75) is 47.5 Å². The van der Waals surface area contributed by atoms with Gasteiger partial charge in [0.05, 0.1) is 0 Å². The lowest BCUT2D eigenvalue weighted by molar-refractivity contribution is -0.131. The molecular weight excluding hydrogens is 260 g/mol. The lowest BCUT2D eigenvalue weighted by Gasteiger charge is -2.38. The summed E-state index contributed by atoms with van der Waals surface area (Å²) in [5.74, 6) is -0.207. The van der Waals surface area contributed by atoms with Gasteiger partial charge in [-0.05, 0) is 60.2 Å². The normalized spacial score (nSPS) is 31.9. The Kier molecular flexibility index (Phi) is 4.01. The third-order valence-electron chi connectivity index (χ3n) is 5.75. The van der Waals surface area contributed by atoms with Gasteiger partial charge in [0.15, 0.2) is 0 Å². The van der Waals surface area contributed by atoms with Gasteiger partial charge in [-0.3, -0.25) is 0 Å². The van der Waals surface area contributed by atoms with Crippen LogP contribution >= 0.6 is 0 Å². The maximum atomic E-state index is 10.6. The molecule has 2 heteroatoms. The topological polar surface area (TPSA) is 37.3 Å². The average molecular weight is 286 g/mol. The fraction of sp³-hybridized carbons (Fsp3) is 0.526. The summed E-state index contributed by atoms with van der Waals surface area (Å²) in [6, 6.07) is 0. The minimum absolute atomic E-state index is 0.276. The Labute approximate surface area is 127 Å². The second-order valence-corrected chi connectivity index (χ2v) is 7.21. The Bertz CT molecular complexity index is 572. The van der Waals surface area contributed by atoms with Gasteiger partial charge in [-0.1, -0.05) is 45.1 Å². The van der Waals surface area contributed by atoms with Gasteiger partial charge < -0.3 is 5.11 Å². The van der Waals surface area contributed by atoms with Crippen molar-refractivity contribution >= 4 is 5.97 Å². The summed E-state index contributed by atoms with van der Waals surface area (Å²) >= 11 is 0. The van der Waals surface area contributed by atoms with Crippen LogP contribution in [-0.4, -0.2) is 11.1 Å². The molecule has 1 fully saturated rings. The molecule has 0 aromatic heterocycles. The molecule has 0 aliphatic heterocycles. The van der Waals surface area contributed by atoms with Crippen LogP contribution in [0.25, 0.3) is 0 Å². The zero-order valence-electron chi connectivity index (χ0n) is 13.7. The second-order valence-electron chi connectivity index (χ2n) is 7.21. The van der Waals surface area contributed by atoms with Crippen LogP contribution in [0.3, 0.4) is 0 Å². The van der Waals surface area contributed by atoms with Crippen LogP contribution in [0.4, 0.5) is 0 Å². The third kappa shape index (κ3) is 2.64.